The minimum Gasteiger partial charge on any atom is -0.355 e. The monoisotopic (exact) mass is 374 g/mol. The van der Waals surface area contributed by atoms with Crippen LogP contribution in [0.25, 0.3) is 11.2 Å². The van der Waals surface area contributed by atoms with E-state index in [9.17, 15) is 4.79 Å². The molecule has 4 heterocycles. The van der Waals surface area contributed by atoms with Crippen LogP contribution in [0.5, 0.6) is 0 Å². The summed E-state index contributed by atoms with van der Waals surface area (Å²) in [7, 11) is 0. The minimum absolute atomic E-state index is 0.0650. The first kappa shape index (κ1) is 16.8. The number of hydrogen-bond donors (Lipinski definition) is 3. The first-order chi connectivity index (χ1) is 12.7. The van der Waals surface area contributed by atoms with E-state index in [2.05, 4.69) is 40.1 Å². The third kappa shape index (κ3) is 3.48. The zero-order valence-corrected chi connectivity index (χ0v) is 14.8. The summed E-state index contributed by atoms with van der Waals surface area (Å²) in [6, 6.07) is 0. The van der Waals surface area contributed by atoms with Gasteiger partial charge in [0.1, 0.15) is 5.52 Å². The van der Waals surface area contributed by atoms with Gasteiger partial charge in [-0.05, 0) is 24.4 Å². The van der Waals surface area contributed by atoms with Crippen LogP contribution in [-0.4, -0.2) is 55.4 Å². The largest absolute Gasteiger partial charge is 0.355 e. The number of fused-ring (bicyclic) bond motifs is 1. The number of rotatable bonds is 5. The Kier molecular flexibility index (Phi) is 4.70. The molecule has 26 heavy (non-hydrogen) atoms. The number of carbonyl (C=O) groups excluding carboxylic acids is 1. The van der Waals surface area contributed by atoms with Crippen LogP contribution in [0.15, 0.2) is 18.9 Å². The van der Waals surface area contributed by atoms with E-state index in [4.69, 9.17) is 11.6 Å². The van der Waals surface area contributed by atoms with Crippen molar-refractivity contribution in [2.75, 3.05) is 24.5 Å². The van der Waals surface area contributed by atoms with Crippen molar-refractivity contribution in [2.24, 2.45) is 5.92 Å². The Morgan fingerprint density at radius 3 is 3.12 bits per heavy atom. The second kappa shape index (κ2) is 7.28. The number of nitrogens with one attached hydrogen (secondary N) is 3. The lowest BCUT2D eigenvalue weighted by Crippen LogP contribution is -2.44. The van der Waals surface area contributed by atoms with Gasteiger partial charge >= 0.3 is 0 Å². The first-order valence-corrected chi connectivity index (χ1v) is 8.95. The second-order valence-electron chi connectivity index (χ2n) is 6.32. The van der Waals surface area contributed by atoms with Crippen molar-refractivity contribution in [3.8, 4) is 0 Å². The average molecular weight is 375 g/mol. The number of carbonyl (C=O) groups is 1. The average Bonchev–Trinajstić information content (AvgIpc) is 3.32. The van der Waals surface area contributed by atoms with Gasteiger partial charge in [-0.25, -0.2) is 9.97 Å². The third-order valence-electron chi connectivity index (χ3n) is 4.58. The Labute approximate surface area is 154 Å². The van der Waals surface area contributed by atoms with Gasteiger partial charge < -0.3 is 20.2 Å². The smallest absolute Gasteiger partial charge is 0.226 e. The molecule has 1 saturated heterocycles. The van der Waals surface area contributed by atoms with Gasteiger partial charge in [0.2, 0.25) is 11.2 Å². The number of anilines is 1. The third-order valence-corrected chi connectivity index (χ3v) is 4.75. The van der Waals surface area contributed by atoms with Crippen LogP contribution >= 0.6 is 11.6 Å². The minimum atomic E-state index is -0.0859. The maximum Gasteiger partial charge on any atom is 0.226 e. The van der Waals surface area contributed by atoms with E-state index in [-0.39, 0.29) is 17.1 Å². The molecule has 1 atom stereocenters. The van der Waals surface area contributed by atoms with Gasteiger partial charge in [0.15, 0.2) is 11.5 Å². The zero-order chi connectivity index (χ0) is 17.9. The summed E-state index contributed by atoms with van der Waals surface area (Å²) >= 11 is 6.03. The topological polar surface area (TPSA) is 115 Å². The molecule has 136 valence electrons. The molecule has 0 aliphatic carbocycles. The van der Waals surface area contributed by atoms with E-state index in [1.807, 2.05) is 0 Å². The van der Waals surface area contributed by atoms with E-state index < -0.39 is 0 Å². The second-order valence-corrected chi connectivity index (χ2v) is 6.66. The number of imidazole rings is 2. The molecule has 10 heteroatoms. The SMILES string of the molecule is O=C(NCCc1cnc[nH]1)C1CCCN(c2nc(Cl)nc3nc[nH]c23)C1. The normalized spacial score (nSPS) is 17.6. The number of halogens is 1. The number of H-pyrrole nitrogens is 2. The fraction of sp³-hybridized carbons (Fsp3) is 0.438. The lowest BCUT2D eigenvalue weighted by atomic mass is 9.97. The van der Waals surface area contributed by atoms with Crippen molar-refractivity contribution in [3.63, 3.8) is 0 Å². The van der Waals surface area contributed by atoms with Crippen LogP contribution < -0.4 is 10.2 Å². The number of aromatic amines is 2. The highest BCUT2D eigenvalue weighted by Gasteiger charge is 2.28. The number of amides is 1. The van der Waals surface area contributed by atoms with Crippen molar-refractivity contribution in [3.05, 3.63) is 29.8 Å². The predicted octanol–water partition coefficient (Wildman–Crippen LogP) is 1.30. The molecule has 9 nitrogen and oxygen atoms in total. The van der Waals surface area contributed by atoms with Gasteiger partial charge in [0, 0.05) is 37.9 Å². The van der Waals surface area contributed by atoms with Crippen molar-refractivity contribution in [1.29, 1.82) is 0 Å². The van der Waals surface area contributed by atoms with Crippen molar-refractivity contribution in [2.45, 2.75) is 19.3 Å². The molecule has 0 saturated carbocycles. The Balaban J connectivity index is 1.42. The van der Waals surface area contributed by atoms with Crippen molar-refractivity contribution >= 4 is 34.5 Å². The summed E-state index contributed by atoms with van der Waals surface area (Å²) in [5, 5.41) is 3.17. The maximum absolute atomic E-state index is 12.5. The standard InChI is InChI=1S/C16H19ClN8O/c17-16-23-13-12(21-9-22-13)14(24-16)25-5-1-2-10(7-25)15(26)19-4-3-11-6-18-8-20-11/h6,8-10H,1-5,7H2,(H,18,20)(H,19,26)(H,21,22,23,24). The fourth-order valence-corrected chi connectivity index (χ4v) is 3.45. The Bertz CT molecular complexity index is 893. The Hall–Kier alpha value is -2.68. The van der Waals surface area contributed by atoms with E-state index in [1.54, 1.807) is 18.9 Å². The number of hydrogen-bond acceptors (Lipinski definition) is 6. The molecule has 1 fully saturated rings. The van der Waals surface area contributed by atoms with Crippen molar-refractivity contribution < 1.29 is 4.79 Å². The molecule has 1 unspecified atom stereocenters. The van der Waals surface area contributed by atoms with Gasteiger partial charge in [0.25, 0.3) is 0 Å². The first-order valence-electron chi connectivity index (χ1n) is 8.57. The molecular weight excluding hydrogens is 356 g/mol. The molecule has 1 aliphatic rings. The Morgan fingerprint density at radius 2 is 2.27 bits per heavy atom. The summed E-state index contributed by atoms with van der Waals surface area (Å²) in [6.07, 6.45) is 7.48. The summed E-state index contributed by atoms with van der Waals surface area (Å²) in [6.45, 7) is 2.00. The number of piperidine rings is 1. The highest BCUT2D eigenvalue weighted by atomic mass is 35.5. The van der Waals surface area contributed by atoms with Gasteiger partial charge in [-0.2, -0.15) is 9.97 Å². The molecule has 3 aromatic rings. The number of nitrogens with zero attached hydrogens (tertiary/aromatic N) is 5. The molecule has 1 aliphatic heterocycles. The zero-order valence-electron chi connectivity index (χ0n) is 14.1. The summed E-state index contributed by atoms with van der Waals surface area (Å²) in [5.74, 6) is 0.680. The summed E-state index contributed by atoms with van der Waals surface area (Å²) < 4.78 is 0. The molecule has 3 N–H and O–H groups in total. The molecule has 0 aromatic carbocycles. The molecule has 0 radical (unpaired) electrons. The molecular formula is C16H19ClN8O. The quantitative estimate of drug-likeness (QED) is 0.580. The maximum atomic E-state index is 12.5. The van der Waals surface area contributed by atoms with Gasteiger partial charge in [-0.1, -0.05) is 0 Å². The van der Waals surface area contributed by atoms with Gasteiger partial charge in [0.05, 0.1) is 18.6 Å². The van der Waals surface area contributed by atoms with Crippen LogP contribution in [0.3, 0.4) is 0 Å². The summed E-state index contributed by atoms with van der Waals surface area (Å²) in [5.41, 5.74) is 2.29. The highest BCUT2D eigenvalue weighted by molar-refractivity contribution is 6.28. The molecule has 1 amide bonds. The van der Waals surface area contributed by atoms with E-state index in [0.717, 1.165) is 37.0 Å². The number of aromatic nitrogens is 6. The van der Waals surface area contributed by atoms with Crippen LogP contribution in [0.4, 0.5) is 5.82 Å². The van der Waals surface area contributed by atoms with Gasteiger partial charge in [-0.15, -0.1) is 0 Å². The molecule has 0 bridgehead atoms. The lowest BCUT2D eigenvalue weighted by molar-refractivity contribution is -0.125. The van der Waals surface area contributed by atoms with E-state index in [0.29, 0.717) is 24.6 Å². The van der Waals surface area contributed by atoms with E-state index >= 15 is 0 Å². The van der Waals surface area contributed by atoms with Gasteiger partial charge in [-0.3, -0.25) is 4.79 Å². The van der Waals surface area contributed by atoms with Crippen LogP contribution in [-0.2, 0) is 11.2 Å². The van der Waals surface area contributed by atoms with Crippen LogP contribution in [0.2, 0.25) is 5.28 Å². The van der Waals surface area contributed by atoms with Crippen LogP contribution in [0.1, 0.15) is 18.5 Å². The lowest BCUT2D eigenvalue weighted by Gasteiger charge is -2.33. The highest BCUT2D eigenvalue weighted by Crippen LogP contribution is 2.27. The van der Waals surface area contributed by atoms with Crippen molar-refractivity contribution in [1.82, 2.24) is 35.2 Å². The molecule has 4 rings (SSSR count). The van der Waals surface area contributed by atoms with Crippen LogP contribution in [0, 0.1) is 5.92 Å². The Morgan fingerprint density at radius 1 is 1.35 bits per heavy atom. The molecule has 3 aromatic heterocycles. The predicted molar refractivity (Wildman–Crippen MR) is 96.9 cm³/mol. The molecule has 0 spiro atoms. The summed E-state index contributed by atoms with van der Waals surface area (Å²) in [4.78, 5) is 37.3. The van der Waals surface area contributed by atoms with E-state index in [1.165, 1.54) is 0 Å². The fourth-order valence-electron chi connectivity index (χ4n) is 3.29.